The van der Waals surface area contributed by atoms with E-state index in [2.05, 4.69) is 38.3 Å². The van der Waals surface area contributed by atoms with E-state index >= 15 is 0 Å². The van der Waals surface area contributed by atoms with Crippen LogP contribution in [0.15, 0.2) is 52.9 Å². The molecule has 2 aromatic rings. The molecule has 7 rings (SSSR count). The zero-order valence-corrected chi connectivity index (χ0v) is 31.0. The largest absolute Gasteiger partial charge is 0.490 e. The van der Waals surface area contributed by atoms with E-state index in [1.165, 1.54) is 11.1 Å². The van der Waals surface area contributed by atoms with Crippen molar-refractivity contribution >= 4 is 39.1 Å². The predicted octanol–water partition coefficient (Wildman–Crippen LogP) is 6.40. The lowest BCUT2D eigenvalue weighted by Crippen LogP contribution is -2.64. The highest BCUT2D eigenvalue weighted by Crippen LogP contribution is 2.47. The average molecular weight is 725 g/mol. The van der Waals surface area contributed by atoms with Gasteiger partial charge in [0.15, 0.2) is 0 Å². The Morgan fingerprint density at radius 2 is 1.96 bits per heavy atom. The Morgan fingerprint density at radius 3 is 2.70 bits per heavy atom. The van der Waals surface area contributed by atoms with E-state index in [0.29, 0.717) is 42.7 Å². The number of hydrogen-bond donors (Lipinski definition) is 1. The number of fused-ring (bicyclic) bond motifs is 4. The molecule has 2 bridgehead atoms. The summed E-state index contributed by atoms with van der Waals surface area (Å²) in [5.41, 5.74) is 3.43. The molecule has 1 unspecified atom stereocenters. The van der Waals surface area contributed by atoms with Gasteiger partial charge >= 0.3 is 6.03 Å². The Labute approximate surface area is 301 Å². The first-order chi connectivity index (χ1) is 24.0. The van der Waals surface area contributed by atoms with Crippen molar-refractivity contribution in [3.05, 3.63) is 70.3 Å². The number of allylic oxidation sites excluding steroid dienone is 1. The quantitative estimate of drug-likeness (QED) is 0.365. The molecule has 50 heavy (non-hydrogen) atoms. The van der Waals surface area contributed by atoms with Crippen molar-refractivity contribution in [3.8, 4) is 5.75 Å². The van der Waals surface area contributed by atoms with Crippen LogP contribution in [0, 0.1) is 17.8 Å². The molecule has 10 nitrogen and oxygen atoms in total. The van der Waals surface area contributed by atoms with Gasteiger partial charge in [-0.05, 0) is 105 Å². The third kappa shape index (κ3) is 6.78. The summed E-state index contributed by atoms with van der Waals surface area (Å²) < 4.78 is 39.6. The number of benzene rings is 2. The Hall–Kier alpha value is -3.12. The molecule has 3 amide bonds. The zero-order valence-electron chi connectivity index (χ0n) is 29.4. The molecule has 1 saturated carbocycles. The Kier molecular flexibility index (Phi) is 9.97. The van der Waals surface area contributed by atoms with Crippen LogP contribution in [-0.2, 0) is 31.2 Å². The fraction of sp³-hybridized carbons (Fsp3) is 0.579. The topological polar surface area (TPSA) is 110 Å². The van der Waals surface area contributed by atoms with Gasteiger partial charge in [0, 0.05) is 43.3 Å². The minimum atomic E-state index is -3.49. The maximum atomic E-state index is 14.5. The van der Waals surface area contributed by atoms with Gasteiger partial charge in [-0.2, -0.15) is 0 Å². The monoisotopic (exact) mass is 724 g/mol. The second-order valence-corrected chi connectivity index (χ2v) is 17.5. The minimum Gasteiger partial charge on any atom is -0.490 e. The molecule has 5 aliphatic rings. The molecule has 1 N–H and O–H groups in total. The third-order valence-corrected chi connectivity index (χ3v) is 13.9. The fourth-order valence-corrected chi connectivity index (χ4v) is 10.7. The van der Waals surface area contributed by atoms with Crippen LogP contribution in [0.2, 0.25) is 5.02 Å². The molecule has 1 spiro atoms. The number of ether oxygens (including phenoxy) is 3. The van der Waals surface area contributed by atoms with Gasteiger partial charge in [-0.3, -0.25) is 9.52 Å². The summed E-state index contributed by atoms with van der Waals surface area (Å²) in [4.78, 5) is 31.3. The molecule has 1 saturated heterocycles. The number of amides is 3. The van der Waals surface area contributed by atoms with Crippen LogP contribution in [0.4, 0.5) is 10.5 Å². The molecule has 0 radical (unpaired) electrons. The number of urea groups is 1. The second-order valence-electron chi connectivity index (χ2n) is 15.0. The van der Waals surface area contributed by atoms with Crippen molar-refractivity contribution in [2.24, 2.45) is 22.1 Å². The van der Waals surface area contributed by atoms with E-state index < -0.39 is 21.9 Å². The highest BCUT2D eigenvalue weighted by atomic mass is 35.5. The number of methoxy groups -OCH3 is 2. The smallest absolute Gasteiger partial charge is 0.330 e. The van der Waals surface area contributed by atoms with Gasteiger partial charge < -0.3 is 24.0 Å². The molecule has 0 aromatic heterocycles. The van der Waals surface area contributed by atoms with Gasteiger partial charge in [-0.25, -0.2) is 9.00 Å². The van der Waals surface area contributed by atoms with Gasteiger partial charge in [0.2, 0.25) is 0 Å². The lowest BCUT2D eigenvalue weighted by Gasteiger charge is -2.46. The molecule has 12 heteroatoms. The fourth-order valence-electron chi connectivity index (χ4n) is 8.68. The average Bonchev–Trinajstić information content (AvgIpc) is 3.21. The molecule has 2 fully saturated rings. The lowest BCUT2D eigenvalue weighted by molar-refractivity contribution is -0.0508. The summed E-state index contributed by atoms with van der Waals surface area (Å²) in [5.74, 6) is 0.725. The molecule has 3 aliphatic heterocycles. The van der Waals surface area contributed by atoms with Crippen molar-refractivity contribution in [2.75, 3.05) is 51.1 Å². The maximum Gasteiger partial charge on any atom is 0.330 e. The number of aryl methyl sites for hydroxylation is 1. The summed E-state index contributed by atoms with van der Waals surface area (Å²) in [6, 6.07) is 10.9. The van der Waals surface area contributed by atoms with Gasteiger partial charge in [0.05, 0.1) is 42.8 Å². The van der Waals surface area contributed by atoms with Crippen molar-refractivity contribution in [1.82, 2.24) is 9.62 Å². The first kappa shape index (κ1) is 35.3. The van der Waals surface area contributed by atoms with E-state index in [-0.39, 0.29) is 35.3 Å². The van der Waals surface area contributed by atoms with Crippen LogP contribution in [0.5, 0.6) is 5.75 Å². The van der Waals surface area contributed by atoms with Crippen LogP contribution < -0.4 is 14.4 Å². The number of nitrogens with one attached hydrogen (secondary N) is 1. The lowest BCUT2D eigenvalue weighted by atomic mass is 9.68. The van der Waals surface area contributed by atoms with Crippen LogP contribution >= 0.6 is 11.6 Å². The molecule has 2 aromatic carbocycles. The first-order valence-electron chi connectivity index (χ1n) is 17.9. The van der Waals surface area contributed by atoms with E-state index in [9.17, 15) is 13.8 Å². The van der Waals surface area contributed by atoms with E-state index in [0.717, 1.165) is 55.9 Å². The van der Waals surface area contributed by atoms with Crippen molar-refractivity contribution in [3.63, 3.8) is 0 Å². The van der Waals surface area contributed by atoms with Crippen LogP contribution in [-0.4, -0.2) is 85.5 Å². The number of rotatable bonds is 3. The summed E-state index contributed by atoms with van der Waals surface area (Å²) in [6.07, 6.45) is 9.84. The Bertz CT molecular complexity index is 1790. The predicted molar refractivity (Wildman–Crippen MR) is 195 cm³/mol. The molecular weight excluding hydrogens is 676 g/mol. The van der Waals surface area contributed by atoms with Gasteiger partial charge in [-0.1, -0.05) is 36.7 Å². The molecule has 270 valence electrons. The zero-order chi connectivity index (χ0) is 35.2. The number of likely N-dealkylation sites (tertiary alicyclic amines) is 1. The first-order valence-corrected chi connectivity index (χ1v) is 20.0. The highest BCUT2D eigenvalue weighted by molar-refractivity contribution is 7.92. The maximum absolute atomic E-state index is 14.5. The standard InChI is InChI=1S/C38H49ClN4O6S/c1-24-7-5-9-33(47-3)30-13-10-28(30)19-42-22-38(16-6-8-26-17-29(39)12-14-31(26)38)23-49-34-15-11-27(18-32(34)42)36(44)40-50(46,21-24)41-37(45)43-20-35(48-4)25(43)2/h5,9,11-12,14-15,17-18,24-25,28,30,33,35H,6-8,10,13,16,19-23H2,1-4H3,(H,40,41,44,45,46)/b9-5+/t24-,25+,28-,30+,33-,35-,38-,50?/m0/s1. The molecular formula is C38H49ClN4O6S. The number of anilines is 1. The number of halogens is 1. The second kappa shape index (κ2) is 14.1. The Morgan fingerprint density at radius 1 is 1.12 bits per heavy atom. The number of carbonyl (C=O) groups is 2. The SMILES string of the molecule is CO[C@H]1/C=C/C[C@H](C)CS(=O)(NC(=O)N2C[C@H](OC)[C@H]2C)=NC(=O)c2ccc3c(c2)N(C[C@@H]2CC[C@H]21)C[C@@]1(CCCc2cc(Cl)ccc21)CO3. The summed E-state index contributed by atoms with van der Waals surface area (Å²) in [7, 11) is -0.112. The van der Waals surface area contributed by atoms with Crippen molar-refractivity contribution < 1.29 is 28.0 Å². The number of carbonyl (C=O) groups excluding carboxylic acids is 2. The number of hydrogen-bond acceptors (Lipinski definition) is 7. The molecule has 2 aliphatic carbocycles. The van der Waals surface area contributed by atoms with E-state index in [1.54, 1.807) is 25.2 Å². The van der Waals surface area contributed by atoms with E-state index in [4.69, 9.17) is 25.8 Å². The van der Waals surface area contributed by atoms with Crippen LogP contribution in [0.1, 0.15) is 67.4 Å². The molecule has 3 heterocycles. The van der Waals surface area contributed by atoms with Crippen LogP contribution in [0.25, 0.3) is 0 Å². The van der Waals surface area contributed by atoms with Gasteiger partial charge in [0.1, 0.15) is 15.7 Å². The van der Waals surface area contributed by atoms with Crippen molar-refractivity contribution in [1.29, 1.82) is 0 Å². The van der Waals surface area contributed by atoms with E-state index in [1.807, 2.05) is 32.0 Å². The Balaban J connectivity index is 1.28. The summed E-state index contributed by atoms with van der Waals surface area (Å²) >= 11 is 6.45. The number of nitrogens with zero attached hydrogens (tertiary/aromatic N) is 3. The van der Waals surface area contributed by atoms with Gasteiger partial charge in [-0.15, -0.1) is 4.36 Å². The summed E-state index contributed by atoms with van der Waals surface area (Å²) in [6.45, 7) is 6.24. The highest BCUT2D eigenvalue weighted by Gasteiger charge is 2.45. The van der Waals surface area contributed by atoms with Gasteiger partial charge in [0.25, 0.3) is 5.91 Å². The molecule has 8 atom stereocenters. The minimum absolute atomic E-state index is 0.0283. The van der Waals surface area contributed by atoms with Crippen molar-refractivity contribution in [2.45, 2.75) is 76.0 Å². The normalized spacial score (nSPS) is 34.5. The third-order valence-electron chi connectivity index (χ3n) is 11.7. The summed E-state index contributed by atoms with van der Waals surface area (Å²) in [5, 5.41) is 0.743. The van der Waals surface area contributed by atoms with Crippen LogP contribution in [0.3, 0.4) is 0 Å².